The maximum atomic E-state index is 13.2. The lowest BCUT2D eigenvalue weighted by molar-refractivity contribution is 0.0932. The normalized spacial score (nSPS) is 12.0. The molecule has 4 rings (SSSR count). The number of fused-ring (bicyclic) bond motifs is 1. The van der Waals surface area contributed by atoms with Gasteiger partial charge in [0.15, 0.2) is 0 Å². The van der Waals surface area contributed by atoms with Crippen molar-refractivity contribution in [2.75, 3.05) is 7.11 Å². The minimum absolute atomic E-state index is 0.239. The number of imidazole rings is 1. The van der Waals surface area contributed by atoms with Gasteiger partial charge in [0.05, 0.1) is 29.9 Å². The van der Waals surface area contributed by atoms with Gasteiger partial charge >= 0.3 is 0 Å². The summed E-state index contributed by atoms with van der Waals surface area (Å²) in [5.41, 5.74) is 3.85. The van der Waals surface area contributed by atoms with E-state index in [1.807, 2.05) is 54.6 Å². The van der Waals surface area contributed by atoms with Crippen molar-refractivity contribution in [3.05, 3.63) is 89.6 Å². The predicted molar refractivity (Wildman–Crippen MR) is 123 cm³/mol. The smallest absolute Gasteiger partial charge is 0.257 e. The number of aryl methyl sites for hydroxylation is 2. The zero-order valence-electron chi connectivity index (χ0n) is 18.5. The molecule has 164 valence electrons. The van der Waals surface area contributed by atoms with Crippen molar-refractivity contribution in [3.63, 3.8) is 0 Å². The third kappa shape index (κ3) is 4.14. The zero-order valence-corrected chi connectivity index (χ0v) is 18.5. The number of nitrogens with zero attached hydrogens (tertiary/aromatic N) is 3. The second kappa shape index (κ2) is 9.09. The fourth-order valence-electron chi connectivity index (χ4n) is 3.93. The van der Waals surface area contributed by atoms with E-state index < -0.39 is 0 Å². The van der Waals surface area contributed by atoms with Crippen LogP contribution in [0, 0.1) is 13.8 Å². The van der Waals surface area contributed by atoms with E-state index in [0.717, 1.165) is 28.2 Å². The minimum Gasteiger partial charge on any atom is -0.497 e. The number of hydrogen-bond donors (Lipinski definition) is 1. The van der Waals surface area contributed by atoms with Gasteiger partial charge in [0.1, 0.15) is 22.9 Å². The summed E-state index contributed by atoms with van der Waals surface area (Å²) in [5, 5.41) is 7.08. The SMILES string of the molecule is C=CCn1c(C(Cc2ccccc2)NC(=O)c2c(C)noc2C)nc2ccc(OC)cc21. The van der Waals surface area contributed by atoms with Gasteiger partial charge in [-0.3, -0.25) is 4.79 Å². The lowest BCUT2D eigenvalue weighted by atomic mass is 10.0. The van der Waals surface area contributed by atoms with Gasteiger partial charge in [-0.15, -0.1) is 6.58 Å². The van der Waals surface area contributed by atoms with Crippen LogP contribution in [0.1, 0.15) is 39.2 Å². The van der Waals surface area contributed by atoms with Crippen LogP contribution in [0.3, 0.4) is 0 Å². The number of ether oxygens (including phenoxy) is 1. The summed E-state index contributed by atoms with van der Waals surface area (Å²) in [4.78, 5) is 18.1. The molecule has 1 N–H and O–H groups in total. The van der Waals surface area contributed by atoms with Crippen LogP contribution in [-0.2, 0) is 13.0 Å². The van der Waals surface area contributed by atoms with Crippen molar-refractivity contribution in [1.82, 2.24) is 20.0 Å². The van der Waals surface area contributed by atoms with Gasteiger partial charge in [0.25, 0.3) is 5.91 Å². The Hall–Kier alpha value is -3.87. The molecule has 0 aliphatic heterocycles. The Morgan fingerprint density at radius 2 is 2.03 bits per heavy atom. The largest absolute Gasteiger partial charge is 0.497 e. The molecule has 2 aromatic carbocycles. The number of allylic oxidation sites excluding steroid dienone is 1. The minimum atomic E-state index is -0.378. The first-order valence-electron chi connectivity index (χ1n) is 10.4. The van der Waals surface area contributed by atoms with E-state index in [1.54, 1.807) is 21.0 Å². The Morgan fingerprint density at radius 3 is 2.69 bits per heavy atom. The molecule has 1 amide bonds. The summed E-state index contributed by atoms with van der Waals surface area (Å²) in [6.45, 7) is 7.95. The summed E-state index contributed by atoms with van der Waals surface area (Å²) < 4.78 is 12.7. The molecule has 0 aliphatic rings. The van der Waals surface area contributed by atoms with Crippen LogP contribution in [0.15, 0.2) is 65.7 Å². The number of benzene rings is 2. The first-order valence-corrected chi connectivity index (χ1v) is 10.4. The maximum Gasteiger partial charge on any atom is 0.257 e. The first-order chi connectivity index (χ1) is 15.5. The van der Waals surface area contributed by atoms with Crippen LogP contribution in [0.25, 0.3) is 11.0 Å². The number of amides is 1. The van der Waals surface area contributed by atoms with E-state index in [1.165, 1.54) is 0 Å². The summed E-state index contributed by atoms with van der Waals surface area (Å²) in [6.07, 6.45) is 2.40. The van der Waals surface area contributed by atoms with Gasteiger partial charge in [0, 0.05) is 12.6 Å². The van der Waals surface area contributed by atoms with Gasteiger partial charge in [-0.05, 0) is 38.0 Å². The van der Waals surface area contributed by atoms with Gasteiger partial charge in [-0.1, -0.05) is 41.6 Å². The molecular weight excluding hydrogens is 404 g/mol. The number of methoxy groups -OCH3 is 1. The maximum absolute atomic E-state index is 13.2. The summed E-state index contributed by atoms with van der Waals surface area (Å²) >= 11 is 0. The third-order valence-electron chi connectivity index (χ3n) is 5.46. The fourth-order valence-corrected chi connectivity index (χ4v) is 3.93. The lowest BCUT2D eigenvalue weighted by Gasteiger charge is -2.20. The van der Waals surface area contributed by atoms with Crippen molar-refractivity contribution < 1.29 is 14.1 Å². The van der Waals surface area contributed by atoms with Crippen LogP contribution >= 0.6 is 0 Å². The Morgan fingerprint density at radius 1 is 1.25 bits per heavy atom. The standard InChI is InChI=1S/C25H26N4O3/c1-5-13-29-22-15-19(31-4)11-12-20(22)26-24(29)21(14-18-9-7-6-8-10-18)27-25(30)23-16(2)28-32-17(23)3/h5-12,15,21H,1,13-14H2,2-4H3,(H,27,30). The summed E-state index contributed by atoms with van der Waals surface area (Å²) in [6, 6.07) is 15.4. The quantitative estimate of drug-likeness (QED) is 0.415. The average Bonchev–Trinajstić information content (AvgIpc) is 3.33. The fraction of sp³-hybridized carbons (Fsp3) is 0.240. The number of carbonyl (C=O) groups excluding carboxylic acids is 1. The summed E-state index contributed by atoms with van der Waals surface area (Å²) in [7, 11) is 1.64. The van der Waals surface area contributed by atoms with Gasteiger partial charge in [-0.2, -0.15) is 0 Å². The van der Waals surface area contributed by atoms with Crippen molar-refractivity contribution in [1.29, 1.82) is 0 Å². The van der Waals surface area contributed by atoms with Crippen molar-refractivity contribution in [2.24, 2.45) is 0 Å². The Labute approximate surface area is 186 Å². The second-order valence-electron chi connectivity index (χ2n) is 7.64. The van der Waals surface area contributed by atoms with Gasteiger partial charge in [-0.25, -0.2) is 4.98 Å². The van der Waals surface area contributed by atoms with Gasteiger partial charge in [0.2, 0.25) is 0 Å². The molecule has 0 spiro atoms. The van der Waals surface area contributed by atoms with E-state index in [-0.39, 0.29) is 11.9 Å². The second-order valence-corrected chi connectivity index (χ2v) is 7.64. The molecule has 7 heteroatoms. The highest BCUT2D eigenvalue weighted by Crippen LogP contribution is 2.27. The molecule has 2 heterocycles. The molecular formula is C25H26N4O3. The van der Waals surface area contributed by atoms with E-state index >= 15 is 0 Å². The molecule has 4 aromatic rings. The molecule has 2 aromatic heterocycles. The molecule has 32 heavy (non-hydrogen) atoms. The van der Waals surface area contributed by atoms with E-state index in [9.17, 15) is 4.79 Å². The Kier molecular flexibility index (Phi) is 6.07. The van der Waals surface area contributed by atoms with Crippen LogP contribution in [0.5, 0.6) is 5.75 Å². The number of nitrogens with one attached hydrogen (secondary N) is 1. The van der Waals surface area contributed by atoms with Crippen LogP contribution in [0.4, 0.5) is 0 Å². The first kappa shape index (κ1) is 21.4. The van der Waals surface area contributed by atoms with E-state index in [0.29, 0.717) is 30.0 Å². The lowest BCUT2D eigenvalue weighted by Crippen LogP contribution is -2.32. The predicted octanol–water partition coefficient (Wildman–Crippen LogP) is 4.55. The average molecular weight is 431 g/mol. The van der Waals surface area contributed by atoms with Crippen LogP contribution in [0.2, 0.25) is 0 Å². The van der Waals surface area contributed by atoms with Crippen molar-refractivity contribution in [3.8, 4) is 5.75 Å². The zero-order chi connectivity index (χ0) is 22.7. The van der Waals surface area contributed by atoms with E-state index in [4.69, 9.17) is 14.2 Å². The van der Waals surface area contributed by atoms with Gasteiger partial charge < -0.3 is 19.1 Å². The number of hydrogen-bond acceptors (Lipinski definition) is 5. The monoisotopic (exact) mass is 430 g/mol. The molecule has 0 saturated carbocycles. The van der Waals surface area contributed by atoms with Crippen LogP contribution in [-0.4, -0.2) is 27.7 Å². The third-order valence-corrected chi connectivity index (χ3v) is 5.46. The highest BCUT2D eigenvalue weighted by molar-refractivity contribution is 5.96. The highest BCUT2D eigenvalue weighted by atomic mass is 16.5. The number of aromatic nitrogens is 3. The molecule has 0 bridgehead atoms. The molecule has 1 unspecified atom stereocenters. The van der Waals surface area contributed by atoms with Crippen LogP contribution < -0.4 is 10.1 Å². The molecule has 1 atom stereocenters. The topological polar surface area (TPSA) is 82.2 Å². The molecule has 0 radical (unpaired) electrons. The molecule has 7 nitrogen and oxygen atoms in total. The van der Waals surface area contributed by atoms with Crippen molar-refractivity contribution >= 4 is 16.9 Å². The van der Waals surface area contributed by atoms with E-state index in [2.05, 4.69) is 21.6 Å². The summed E-state index contributed by atoms with van der Waals surface area (Å²) in [5.74, 6) is 1.74. The van der Waals surface area contributed by atoms with Crippen molar-refractivity contribution in [2.45, 2.75) is 32.9 Å². The molecule has 0 saturated heterocycles. The Balaban J connectivity index is 1.80. The number of carbonyl (C=O) groups is 1. The molecule has 0 fully saturated rings. The Bertz CT molecular complexity index is 1240. The highest BCUT2D eigenvalue weighted by Gasteiger charge is 2.26. The number of rotatable bonds is 8. The molecule has 0 aliphatic carbocycles.